The van der Waals surface area contributed by atoms with Crippen molar-refractivity contribution in [1.29, 1.82) is 0 Å². The Bertz CT molecular complexity index is 235. The first-order valence-electron chi connectivity index (χ1n) is 4.46. The topological polar surface area (TPSA) is 46.2 Å². The molecule has 0 heterocycles. The zero-order valence-electron chi connectivity index (χ0n) is 8.43. The fourth-order valence-corrected chi connectivity index (χ4v) is 2.83. The van der Waals surface area contributed by atoms with Gasteiger partial charge in [0.25, 0.3) is 0 Å². The summed E-state index contributed by atoms with van der Waals surface area (Å²) in [7, 11) is -3.15. The van der Waals surface area contributed by atoms with Crippen molar-refractivity contribution < 1.29 is 8.42 Å². The van der Waals surface area contributed by atoms with E-state index >= 15 is 0 Å². The quantitative estimate of drug-likeness (QED) is 0.703. The minimum absolute atomic E-state index is 0.166. The maximum absolute atomic E-state index is 11.4. The van der Waals surface area contributed by atoms with E-state index in [1.165, 1.54) is 0 Å². The zero-order chi connectivity index (χ0) is 10.5. The summed E-state index contributed by atoms with van der Waals surface area (Å²) in [6.45, 7) is 5.56. The summed E-state index contributed by atoms with van der Waals surface area (Å²) in [6.07, 6.45) is 1.32. The third-order valence-corrected chi connectivity index (χ3v) is 4.29. The van der Waals surface area contributed by atoms with E-state index in [1.807, 2.05) is 20.8 Å². The van der Waals surface area contributed by atoms with Crippen LogP contribution < -0.4 is 4.72 Å². The van der Waals surface area contributed by atoms with Gasteiger partial charge < -0.3 is 0 Å². The first kappa shape index (κ1) is 13.2. The summed E-state index contributed by atoms with van der Waals surface area (Å²) in [4.78, 5) is 0. The van der Waals surface area contributed by atoms with Crippen LogP contribution >= 0.6 is 11.6 Å². The maximum Gasteiger partial charge on any atom is 0.212 e. The molecule has 0 aliphatic heterocycles. The van der Waals surface area contributed by atoms with E-state index in [2.05, 4.69) is 4.72 Å². The van der Waals surface area contributed by atoms with Crippen molar-refractivity contribution in [2.45, 2.75) is 39.2 Å². The first-order chi connectivity index (χ1) is 5.89. The molecule has 0 aromatic rings. The van der Waals surface area contributed by atoms with Gasteiger partial charge in [0.2, 0.25) is 10.0 Å². The van der Waals surface area contributed by atoms with Gasteiger partial charge >= 0.3 is 0 Å². The average Bonchev–Trinajstić information content (AvgIpc) is 2.03. The highest BCUT2D eigenvalue weighted by Gasteiger charge is 2.26. The Morgan fingerprint density at radius 3 is 2.23 bits per heavy atom. The normalized spacial score (nSPS) is 16.9. The van der Waals surface area contributed by atoms with Gasteiger partial charge in [-0.3, -0.25) is 0 Å². The zero-order valence-corrected chi connectivity index (χ0v) is 10.0. The molecule has 0 aromatic carbocycles. The van der Waals surface area contributed by atoms with Crippen LogP contribution in [0.3, 0.4) is 0 Å². The van der Waals surface area contributed by atoms with Crippen LogP contribution in [0.25, 0.3) is 0 Å². The Morgan fingerprint density at radius 1 is 1.38 bits per heavy atom. The molecule has 0 aliphatic rings. The molecule has 0 saturated carbocycles. The van der Waals surface area contributed by atoms with Crippen molar-refractivity contribution in [3.63, 3.8) is 0 Å². The molecule has 0 aromatic heterocycles. The average molecular weight is 228 g/mol. The van der Waals surface area contributed by atoms with E-state index in [1.54, 1.807) is 0 Å². The lowest BCUT2D eigenvalue weighted by molar-refractivity contribution is 0.444. The van der Waals surface area contributed by atoms with Crippen LogP contribution in [0.2, 0.25) is 0 Å². The molecule has 0 fully saturated rings. The molecule has 0 spiro atoms. The van der Waals surface area contributed by atoms with Gasteiger partial charge in [-0.1, -0.05) is 13.8 Å². The number of hydrogen-bond acceptors (Lipinski definition) is 2. The van der Waals surface area contributed by atoms with Crippen molar-refractivity contribution in [2.75, 3.05) is 11.6 Å². The van der Waals surface area contributed by atoms with Crippen molar-refractivity contribution in [2.24, 2.45) is 0 Å². The predicted molar refractivity (Wildman–Crippen MR) is 56.6 cm³/mol. The lowest BCUT2D eigenvalue weighted by Crippen LogP contribution is -2.47. The molecule has 3 nitrogen and oxygen atoms in total. The number of nitrogens with one attached hydrogen (secondary N) is 1. The lowest BCUT2D eigenvalue weighted by atomic mass is 10.0. The van der Waals surface area contributed by atoms with Gasteiger partial charge in [-0.05, 0) is 19.8 Å². The van der Waals surface area contributed by atoms with Crippen LogP contribution in [0.5, 0.6) is 0 Å². The van der Waals surface area contributed by atoms with Crippen LogP contribution in [0.15, 0.2) is 0 Å². The molecular weight excluding hydrogens is 210 g/mol. The third-order valence-electron chi connectivity index (χ3n) is 1.95. The summed E-state index contributed by atoms with van der Waals surface area (Å²) < 4.78 is 25.4. The van der Waals surface area contributed by atoms with Crippen molar-refractivity contribution in [1.82, 2.24) is 4.72 Å². The monoisotopic (exact) mass is 227 g/mol. The molecule has 1 N–H and O–H groups in total. The molecule has 0 bridgehead atoms. The van der Waals surface area contributed by atoms with Gasteiger partial charge in [0.05, 0.1) is 5.75 Å². The molecule has 80 valence electrons. The van der Waals surface area contributed by atoms with E-state index in [-0.39, 0.29) is 5.75 Å². The first-order valence-corrected chi connectivity index (χ1v) is 6.65. The molecule has 0 aliphatic carbocycles. The van der Waals surface area contributed by atoms with Gasteiger partial charge in [0.1, 0.15) is 0 Å². The number of sulfonamides is 1. The predicted octanol–water partition coefficient (Wildman–Crippen LogP) is 1.72. The SMILES string of the molecule is CCCS(=O)(=O)NC(C)(CC)CCl. The minimum atomic E-state index is -3.15. The van der Waals surface area contributed by atoms with E-state index in [0.717, 1.165) is 0 Å². The summed E-state index contributed by atoms with van der Waals surface area (Å²) >= 11 is 5.69. The smallest absolute Gasteiger partial charge is 0.212 e. The van der Waals surface area contributed by atoms with Gasteiger partial charge in [0.15, 0.2) is 0 Å². The second kappa shape index (κ2) is 5.17. The highest BCUT2D eigenvalue weighted by Crippen LogP contribution is 2.13. The molecule has 13 heavy (non-hydrogen) atoms. The fourth-order valence-electron chi connectivity index (χ4n) is 0.889. The van der Waals surface area contributed by atoms with Gasteiger partial charge in [-0.2, -0.15) is 0 Å². The molecule has 0 rings (SSSR count). The van der Waals surface area contributed by atoms with Gasteiger partial charge in [0, 0.05) is 11.4 Å². The van der Waals surface area contributed by atoms with Crippen molar-refractivity contribution in [3.8, 4) is 0 Å². The van der Waals surface area contributed by atoms with Crippen LogP contribution in [-0.2, 0) is 10.0 Å². The Labute approximate surface area is 85.9 Å². The maximum atomic E-state index is 11.4. The molecule has 0 saturated heterocycles. The second-order valence-corrected chi connectivity index (χ2v) is 5.58. The minimum Gasteiger partial charge on any atom is -0.212 e. The van der Waals surface area contributed by atoms with Crippen molar-refractivity contribution >= 4 is 21.6 Å². The Hall–Kier alpha value is 0.200. The number of alkyl halides is 1. The summed E-state index contributed by atoms with van der Waals surface area (Å²) in [5, 5.41) is 0. The number of rotatable bonds is 6. The molecular formula is C8H18ClNO2S. The second-order valence-electron chi connectivity index (χ2n) is 3.47. The Morgan fingerprint density at radius 2 is 1.92 bits per heavy atom. The van der Waals surface area contributed by atoms with E-state index < -0.39 is 15.6 Å². The Balaban J connectivity index is 4.40. The van der Waals surface area contributed by atoms with E-state index in [0.29, 0.717) is 18.7 Å². The summed E-state index contributed by atoms with van der Waals surface area (Å²) in [5.74, 6) is 0.464. The fraction of sp³-hybridized carbons (Fsp3) is 1.00. The summed E-state index contributed by atoms with van der Waals surface area (Å²) in [5.41, 5.74) is -0.504. The van der Waals surface area contributed by atoms with Crippen molar-refractivity contribution in [3.05, 3.63) is 0 Å². The molecule has 5 heteroatoms. The largest absolute Gasteiger partial charge is 0.212 e. The lowest BCUT2D eigenvalue weighted by Gasteiger charge is -2.26. The number of halogens is 1. The summed E-state index contributed by atoms with van der Waals surface area (Å²) in [6, 6.07) is 0. The highest BCUT2D eigenvalue weighted by molar-refractivity contribution is 7.89. The Kier molecular flexibility index (Phi) is 5.25. The molecule has 0 amide bonds. The van der Waals surface area contributed by atoms with Crippen LogP contribution in [0.4, 0.5) is 0 Å². The van der Waals surface area contributed by atoms with Crippen LogP contribution in [0.1, 0.15) is 33.6 Å². The number of hydrogen-bond donors (Lipinski definition) is 1. The molecule has 1 atom stereocenters. The van der Waals surface area contributed by atoms with E-state index in [4.69, 9.17) is 11.6 Å². The highest BCUT2D eigenvalue weighted by atomic mass is 35.5. The van der Waals surface area contributed by atoms with Gasteiger partial charge in [-0.15, -0.1) is 11.6 Å². The van der Waals surface area contributed by atoms with Crippen LogP contribution in [-0.4, -0.2) is 25.6 Å². The van der Waals surface area contributed by atoms with E-state index in [9.17, 15) is 8.42 Å². The van der Waals surface area contributed by atoms with Gasteiger partial charge in [-0.25, -0.2) is 13.1 Å². The molecule has 1 unspecified atom stereocenters. The molecule has 0 radical (unpaired) electrons. The van der Waals surface area contributed by atoms with Crippen LogP contribution in [0, 0.1) is 0 Å². The standard InChI is InChI=1S/C8H18ClNO2S/c1-4-6-13(11,12)10-8(3,5-2)7-9/h10H,4-7H2,1-3H3. The third kappa shape index (κ3) is 4.84.